The van der Waals surface area contributed by atoms with Crippen molar-refractivity contribution in [3.8, 4) is 0 Å². The maximum Gasteiger partial charge on any atom is 0.333 e. The summed E-state index contributed by atoms with van der Waals surface area (Å²) >= 11 is 0. The minimum Gasteiger partial charge on any atom is -0.465 e. The lowest BCUT2D eigenvalue weighted by atomic mass is 9.73. The summed E-state index contributed by atoms with van der Waals surface area (Å²) in [4.78, 5) is 40.4. The van der Waals surface area contributed by atoms with E-state index in [1.54, 1.807) is 49.1 Å². The number of aliphatic hydroxyl groups is 1. The number of ether oxygens (including phenoxy) is 2. The summed E-state index contributed by atoms with van der Waals surface area (Å²) < 4.78 is 10.5. The third-order valence-electron chi connectivity index (χ3n) is 6.78. The minimum absolute atomic E-state index is 0.194. The largest absolute Gasteiger partial charge is 0.465 e. The van der Waals surface area contributed by atoms with Gasteiger partial charge in [0.2, 0.25) is 0 Å². The van der Waals surface area contributed by atoms with Gasteiger partial charge < -0.3 is 19.5 Å². The second-order valence-corrected chi connectivity index (χ2v) is 9.02. The van der Waals surface area contributed by atoms with E-state index in [-0.39, 0.29) is 19.6 Å². The average molecular weight is 490 g/mol. The van der Waals surface area contributed by atoms with Gasteiger partial charge in [0, 0.05) is 11.1 Å². The minimum atomic E-state index is -1.93. The fraction of sp³-hybridized carbons (Fsp3) is 0.345. The summed E-state index contributed by atoms with van der Waals surface area (Å²) in [7, 11) is 0. The molecule has 2 aromatic carbocycles. The number of rotatable bonds is 8. The maximum atomic E-state index is 13.6. The van der Waals surface area contributed by atoms with E-state index in [9.17, 15) is 19.5 Å². The molecular formula is C29H31NO6. The van der Waals surface area contributed by atoms with Crippen molar-refractivity contribution in [3.63, 3.8) is 0 Å². The summed E-state index contributed by atoms with van der Waals surface area (Å²) in [6, 6.07) is 16.7. The molecule has 2 unspecified atom stereocenters. The number of carbonyl (C=O) groups excluding carboxylic acids is 3. The topological polar surface area (TPSA) is 93.1 Å². The number of benzene rings is 2. The van der Waals surface area contributed by atoms with E-state index in [0.29, 0.717) is 36.2 Å². The van der Waals surface area contributed by atoms with Gasteiger partial charge in [0.15, 0.2) is 5.60 Å². The van der Waals surface area contributed by atoms with E-state index in [2.05, 4.69) is 0 Å². The van der Waals surface area contributed by atoms with Gasteiger partial charge in [0.1, 0.15) is 0 Å². The number of para-hydroxylation sites is 1. The highest BCUT2D eigenvalue weighted by Gasteiger charge is 2.49. The lowest BCUT2D eigenvalue weighted by Gasteiger charge is -2.32. The zero-order valence-corrected chi connectivity index (χ0v) is 20.6. The Bertz CT molecular complexity index is 1200. The Morgan fingerprint density at radius 3 is 2.36 bits per heavy atom. The number of anilines is 1. The number of hydrogen-bond donors (Lipinski definition) is 1. The van der Waals surface area contributed by atoms with Crippen LogP contribution in [-0.2, 0) is 36.0 Å². The van der Waals surface area contributed by atoms with Crippen LogP contribution in [0.5, 0.6) is 0 Å². The van der Waals surface area contributed by atoms with E-state index in [1.807, 2.05) is 36.4 Å². The van der Waals surface area contributed by atoms with Crippen molar-refractivity contribution in [3.05, 3.63) is 89.5 Å². The number of amides is 1. The summed E-state index contributed by atoms with van der Waals surface area (Å²) in [6.45, 7) is 4.24. The van der Waals surface area contributed by atoms with Crippen LogP contribution in [0, 0.1) is 5.41 Å². The summed E-state index contributed by atoms with van der Waals surface area (Å²) in [5.41, 5.74) is -0.516. The zero-order valence-electron chi connectivity index (χ0n) is 20.6. The van der Waals surface area contributed by atoms with Crippen molar-refractivity contribution in [2.75, 3.05) is 18.1 Å². The van der Waals surface area contributed by atoms with Gasteiger partial charge in [-0.25, -0.2) is 4.79 Å². The number of allylic oxidation sites excluding steroid dienone is 1. The molecule has 7 nitrogen and oxygen atoms in total. The van der Waals surface area contributed by atoms with Gasteiger partial charge in [-0.05, 0) is 50.8 Å². The Morgan fingerprint density at radius 2 is 1.69 bits per heavy atom. The lowest BCUT2D eigenvalue weighted by Crippen LogP contribution is -2.40. The molecule has 0 aromatic heterocycles. The van der Waals surface area contributed by atoms with E-state index < -0.39 is 28.9 Å². The molecule has 36 heavy (non-hydrogen) atoms. The first-order chi connectivity index (χ1) is 17.3. The first-order valence-corrected chi connectivity index (χ1v) is 12.3. The van der Waals surface area contributed by atoms with Crippen molar-refractivity contribution in [2.45, 2.75) is 45.3 Å². The molecule has 4 rings (SSSR count). The van der Waals surface area contributed by atoms with E-state index in [4.69, 9.17) is 9.47 Å². The first-order valence-electron chi connectivity index (χ1n) is 12.3. The Morgan fingerprint density at radius 1 is 1.00 bits per heavy atom. The van der Waals surface area contributed by atoms with Crippen molar-refractivity contribution >= 4 is 23.5 Å². The Hall–Kier alpha value is -3.71. The van der Waals surface area contributed by atoms with Gasteiger partial charge in [-0.2, -0.15) is 0 Å². The molecule has 2 aromatic rings. The molecule has 2 aliphatic rings. The van der Waals surface area contributed by atoms with Crippen molar-refractivity contribution < 1.29 is 29.0 Å². The molecule has 188 valence electrons. The van der Waals surface area contributed by atoms with Crippen molar-refractivity contribution in [1.29, 1.82) is 0 Å². The number of hydrogen-bond acceptors (Lipinski definition) is 6. The number of carbonyl (C=O) groups is 3. The smallest absolute Gasteiger partial charge is 0.333 e. The standard InChI is InChI=1S/C29H31NO6/c1-3-35-25(31)22-14-16-28(17-15-22,27(33)36-4-2)18-19-29(34)23-12-8-9-13-24(23)30(26(29)32)20-21-10-6-5-7-11-21/h5-14,18-19,34H,3-4,15-17,20H2,1-2H3/b19-18+. The highest BCUT2D eigenvalue weighted by atomic mass is 16.5. The van der Waals surface area contributed by atoms with Crippen molar-refractivity contribution in [2.24, 2.45) is 5.41 Å². The van der Waals surface area contributed by atoms with E-state index in [0.717, 1.165) is 5.56 Å². The normalized spacial score (nSPS) is 23.4. The molecule has 0 fully saturated rings. The molecule has 0 saturated heterocycles. The number of nitrogens with zero attached hydrogens (tertiary/aromatic N) is 1. The second kappa shape index (κ2) is 10.5. The highest BCUT2D eigenvalue weighted by molar-refractivity contribution is 6.08. The zero-order chi connectivity index (χ0) is 25.8. The van der Waals surface area contributed by atoms with E-state index >= 15 is 0 Å². The van der Waals surface area contributed by atoms with Crippen LogP contribution in [0.1, 0.15) is 44.2 Å². The van der Waals surface area contributed by atoms with Gasteiger partial charge >= 0.3 is 11.9 Å². The Balaban J connectivity index is 1.68. The van der Waals surface area contributed by atoms with Crippen LogP contribution in [0.3, 0.4) is 0 Å². The average Bonchev–Trinajstić information content (AvgIpc) is 3.11. The van der Waals surface area contributed by atoms with Crippen LogP contribution in [0.4, 0.5) is 5.69 Å². The third kappa shape index (κ3) is 4.71. The second-order valence-electron chi connectivity index (χ2n) is 9.02. The fourth-order valence-electron chi connectivity index (χ4n) is 4.78. The van der Waals surface area contributed by atoms with Gasteiger partial charge in [0.25, 0.3) is 5.91 Å². The van der Waals surface area contributed by atoms with Gasteiger partial charge in [0.05, 0.1) is 30.9 Å². The molecule has 7 heteroatoms. The molecule has 1 aliphatic heterocycles. The quantitative estimate of drug-likeness (QED) is 0.441. The Labute approximate surface area is 211 Å². The van der Waals surface area contributed by atoms with Crippen LogP contribution in [0.25, 0.3) is 0 Å². The molecule has 2 atom stereocenters. The van der Waals surface area contributed by atoms with Gasteiger partial charge in [-0.3, -0.25) is 9.59 Å². The van der Waals surface area contributed by atoms with Crippen LogP contribution in [0.2, 0.25) is 0 Å². The molecule has 1 heterocycles. The maximum absolute atomic E-state index is 13.6. The molecule has 1 N–H and O–H groups in total. The van der Waals surface area contributed by atoms with Crippen LogP contribution >= 0.6 is 0 Å². The van der Waals surface area contributed by atoms with Crippen LogP contribution < -0.4 is 4.90 Å². The predicted octanol–water partition coefficient (Wildman–Crippen LogP) is 4.20. The van der Waals surface area contributed by atoms with Gasteiger partial charge in [-0.15, -0.1) is 0 Å². The molecule has 0 saturated carbocycles. The van der Waals surface area contributed by atoms with Gasteiger partial charge in [-0.1, -0.05) is 60.7 Å². The lowest BCUT2D eigenvalue weighted by molar-refractivity contribution is -0.153. The summed E-state index contributed by atoms with van der Waals surface area (Å²) in [6.07, 6.45) is 5.52. The first kappa shape index (κ1) is 25.4. The van der Waals surface area contributed by atoms with Crippen LogP contribution in [-0.4, -0.2) is 36.2 Å². The van der Waals surface area contributed by atoms with E-state index in [1.165, 1.54) is 6.08 Å². The highest BCUT2D eigenvalue weighted by Crippen LogP contribution is 2.45. The monoisotopic (exact) mass is 489 g/mol. The number of esters is 2. The van der Waals surface area contributed by atoms with Crippen LogP contribution in [0.15, 0.2) is 78.4 Å². The molecular weight excluding hydrogens is 458 g/mol. The Kier molecular flexibility index (Phi) is 7.40. The third-order valence-corrected chi connectivity index (χ3v) is 6.78. The molecule has 0 bridgehead atoms. The fourth-order valence-corrected chi connectivity index (χ4v) is 4.78. The molecule has 1 aliphatic carbocycles. The molecule has 1 amide bonds. The summed E-state index contributed by atoms with van der Waals surface area (Å²) in [5.74, 6) is -1.33. The molecule has 0 radical (unpaired) electrons. The predicted molar refractivity (Wildman–Crippen MR) is 135 cm³/mol. The molecule has 0 spiro atoms. The SMILES string of the molecule is CCOC(=O)C1=CCC(/C=C/C2(O)C(=O)N(Cc3ccccc3)c3ccccc32)(C(=O)OCC)CC1. The van der Waals surface area contributed by atoms with Crippen molar-refractivity contribution in [1.82, 2.24) is 0 Å². The number of fused-ring (bicyclic) bond motifs is 1. The summed E-state index contributed by atoms with van der Waals surface area (Å²) in [5, 5.41) is 11.7.